The van der Waals surface area contributed by atoms with E-state index in [2.05, 4.69) is 4.74 Å². The first kappa shape index (κ1) is 19.4. The fourth-order valence-electron chi connectivity index (χ4n) is 3.40. The third kappa shape index (κ3) is 4.19. The molecule has 23 heavy (non-hydrogen) atoms. The van der Waals surface area contributed by atoms with Crippen LogP contribution in [0.3, 0.4) is 0 Å². The molecule has 0 aromatic heterocycles. The van der Waals surface area contributed by atoms with E-state index in [-0.39, 0.29) is 41.6 Å². The SMILES string of the molecule is C/C=C\C(CC)N1C(=O)C2CCC(CN)C2C1=O.COC(C)=O. The minimum absolute atomic E-state index is 0.00269. The van der Waals surface area contributed by atoms with Crippen LogP contribution in [0.4, 0.5) is 0 Å². The number of methoxy groups -OCH3 is 1. The van der Waals surface area contributed by atoms with Gasteiger partial charge in [0.05, 0.1) is 25.0 Å². The van der Waals surface area contributed by atoms with Gasteiger partial charge < -0.3 is 10.5 Å². The van der Waals surface area contributed by atoms with Crippen LogP contribution in [-0.4, -0.2) is 42.4 Å². The number of hydrogen-bond donors (Lipinski definition) is 1. The van der Waals surface area contributed by atoms with E-state index in [1.807, 2.05) is 26.0 Å². The van der Waals surface area contributed by atoms with Crippen molar-refractivity contribution in [2.45, 2.75) is 46.1 Å². The maximum Gasteiger partial charge on any atom is 0.302 e. The van der Waals surface area contributed by atoms with E-state index in [1.54, 1.807) is 0 Å². The van der Waals surface area contributed by atoms with E-state index in [9.17, 15) is 14.4 Å². The Kier molecular flexibility index (Phi) is 7.42. The smallest absolute Gasteiger partial charge is 0.302 e. The lowest BCUT2D eigenvalue weighted by Gasteiger charge is -2.24. The van der Waals surface area contributed by atoms with Crippen molar-refractivity contribution in [1.82, 2.24) is 4.90 Å². The van der Waals surface area contributed by atoms with Gasteiger partial charge in [0, 0.05) is 6.92 Å². The summed E-state index contributed by atoms with van der Waals surface area (Å²) in [4.78, 5) is 35.9. The molecule has 0 radical (unpaired) electrons. The maximum atomic E-state index is 12.5. The summed E-state index contributed by atoms with van der Waals surface area (Å²) in [6, 6.07) is -0.0842. The molecule has 0 bridgehead atoms. The highest BCUT2D eigenvalue weighted by atomic mass is 16.5. The van der Waals surface area contributed by atoms with Crippen LogP contribution in [0.5, 0.6) is 0 Å². The van der Waals surface area contributed by atoms with Crippen LogP contribution >= 0.6 is 0 Å². The van der Waals surface area contributed by atoms with Crippen molar-refractivity contribution in [2.24, 2.45) is 23.5 Å². The van der Waals surface area contributed by atoms with Crippen LogP contribution < -0.4 is 5.73 Å². The van der Waals surface area contributed by atoms with E-state index in [1.165, 1.54) is 18.9 Å². The van der Waals surface area contributed by atoms with E-state index in [4.69, 9.17) is 5.73 Å². The number of ether oxygens (including phenoxy) is 1. The number of nitrogens with zero attached hydrogens (tertiary/aromatic N) is 1. The molecule has 1 saturated carbocycles. The highest BCUT2D eigenvalue weighted by Crippen LogP contribution is 2.44. The number of amides is 2. The number of nitrogens with two attached hydrogens (primary N) is 1. The van der Waals surface area contributed by atoms with Crippen LogP contribution in [0.15, 0.2) is 12.2 Å². The van der Waals surface area contributed by atoms with Crippen molar-refractivity contribution in [2.75, 3.05) is 13.7 Å². The van der Waals surface area contributed by atoms with Crippen LogP contribution in [0, 0.1) is 17.8 Å². The zero-order chi connectivity index (χ0) is 17.6. The molecule has 0 spiro atoms. The van der Waals surface area contributed by atoms with E-state index in [0.29, 0.717) is 6.54 Å². The summed E-state index contributed by atoms with van der Waals surface area (Å²) in [7, 11) is 1.35. The van der Waals surface area contributed by atoms with Crippen molar-refractivity contribution in [3.63, 3.8) is 0 Å². The van der Waals surface area contributed by atoms with Crippen LogP contribution in [0.1, 0.15) is 40.0 Å². The van der Waals surface area contributed by atoms with E-state index >= 15 is 0 Å². The van der Waals surface area contributed by atoms with Gasteiger partial charge >= 0.3 is 5.97 Å². The molecule has 130 valence electrons. The van der Waals surface area contributed by atoms with Crippen LogP contribution in [0.2, 0.25) is 0 Å². The molecule has 6 nitrogen and oxygen atoms in total. The number of fused-ring (bicyclic) bond motifs is 1. The van der Waals surface area contributed by atoms with Crippen LogP contribution in [-0.2, 0) is 19.1 Å². The Morgan fingerprint density at radius 3 is 2.43 bits per heavy atom. The number of esters is 1. The van der Waals surface area contributed by atoms with Crippen molar-refractivity contribution >= 4 is 17.8 Å². The Morgan fingerprint density at radius 2 is 2.00 bits per heavy atom. The molecule has 4 atom stereocenters. The Morgan fingerprint density at radius 1 is 1.39 bits per heavy atom. The number of hydrogen-bond acceptors (Lipinski definition) is 5. The molecule has 1 aliphatic carbocycles. The van der Waals surface area contributed by atoms with Crippen molar-refractivity contribution < 1.29 is 19.1 Å². The molecule has 2 aliphatic rings. The lowest BCUT2D eigenvalue weighted by molar-refractivity contribution is -0.142. The minimum atomic E-state index is -0.245. The Hall–Kier alpha value is -1.69. The first-order valence-corrected chi connectivity index (χ1v) is 8.17. The second-order valence-electron chi connectivity index (χ2n) is 5.95. The number of carbonyl (C=O) groups is 3. The number of imide groups is 1. The first-order valence-electron chi connectivity index (χ1n) is 8.17. The van der Waals surface area contributed by atoms with E-state index in [0.717, 1.165) is 19.3 Å². The number of allylic oxidation sites excluding steroid dienone is 1. The Bertz CT molecular complexity index is 475. The normalized spacial score (nSPS) is 27.7. The predicted molar refractivity (Wildman–Crippen MR) is 87.2 cm³/mol. The molecule has 2 fully saturated rings. The van der Waals surface area contributed by atoms with Gasteiger partial charge in [0.15, 0.2) is 0 Å². The maximum absolute atomic E-state index is 12.5. The van der Waals surface area contributed by atoms with Gasteiger partial charge in [-0.1, -0.05) is 19.1 Å². The summed E-state index contributed by atoms with van der Waals surface area (Å²) in [6.45, 7) is 5.78. The number of likely N-dealkylation sites (tertiary alicyclic amines) is 1. The summed E-state index contributed by atoms with van der Waals surface area (Å²) >= 11 is 0. The molecular formula is C17H28N2O4. The highest BCUT2D eigenvalue weighted by Gasteiger charge is 2.54. The van der Waals surface area contributed by atoms with Gasteiger partial charge in [0.25, 0.3) is 0 Å². The number of carbonyl (C=O) groups excluding carboxylic acids is 3. The molecule has 2 rings (SSSR count). The summed E-state index contributed by atoms with van der Waals surface area (Å²) in [5.74, 6) is -0.287. The zero-order valence-corrected chi connectivity index (χ0v) is 14.5. The lowest BCUT2D eigenvalue weighted by Crippen LogP contribution is -2.40. The first-order chi connectivity index (χ1) is 10.9. The fourth-order valence-corrected chi connectivity index (χ4v) is 3.40. The van der Waals surface area contributed by atoms with Crippen molar-refractivity contribution in [3.05, 3.63) is 12.2 Å². The largest absolute Gasteiger partial charge is 0.469 e. The molecule has 1 aliphatic heterocycles. The van der Waals surface area contributed by atoms with Gasteiger partial charge in [0.1, 0.15) is 0 Å². The molecule has 0 aromatic rings. The highest BCUT2D eigenvalue weighted by molar-refractivity contribution is 6.06. The summed E-state index contributed by atoms with van der Waals surface area (Å²) in [5.41, 5.74) is 5.71. The second-order valence-corrected chi connectivity index (χ2v) is 5.95. The quantitative estimate of drug-likeness (QED) is 0.481. The predicted octanol–water partition coefficient (Wildman–Crippen LogP) is 1.49. The monoisotopic (exact) mass is 324 g/mol. The third-order valence-electron chi connectivity index (χ3n) is 4.62. The fraction of sp³-hybridized carbons (Fsp3) is 0.706. The summed E-state index contributed by atoms with van der Waals surface area (Å²) in [5, 5.41) is 0. The van der Waals surface area contributed by atoms with E-state index < -0.39 is 0 Å². The average Bonchev–Trinajstić information content (AvgIpc) is 3.07. The average molecular weight is 324 g/mol. The van der Waals surface area contributed by atoms with Gasteiger partial charge in [0.2, 0.25) is 11.8 Å². The standard InChI is InChI=1S/C14H22N2O2.C3H6O2/c1-3-5-10(4-2)16-13(17)11-7-6-9(8-15)12(11)14(16)18;1-3(4)5-2/h3,5,9-12H,4,6-8,15H2,1-2H3;1-2H3/b5-3-;. The molecule has 2 N–H and O–H groups in total. The second kappa shape index (κ2) is 8.82. The van der Waals surface area contributed by atoms with Crippen LogP contribution in [0.25, 0.3) is 0 Å². The van der Waals surface area contributed by atoms with Crippen molar-refractivity contribution in [1.29, 1.82) is 0 Å². The Balaban J connectivity index is 0.000000463. The van der Waals surface area contributed by atoms with Gasteiger partial charge in [-0.3, -0.25) is 19.3 Å². The molecule has 1 heterocycles. The molecule has 0 aromatic carbocycles. The Labute approximate surface area is 138 Å². The molecular weight excluding hydrogens is 296 g/mol. The lowest BCUT2D eigenvalue weighted by atomic mass is 9.92. The van der Waals surface area contributed by atoms with Gasteiger partial charge in [-0.15, -0.1) is 0 Å². The van der Waals surface area contributed by atoms with Gasteiger partial charge in [-0.05, 0) is 38.6 Å². The molecule has 1 saturated heterocycles. The minimum Gasteiger partial charge on any atom is -0.469 e. The van der Waals surface area contributed by atoms with Crippen molar-refractivity contribution in [3.8, 4) is 0 Å². The zero-order valence-electron chi connectivity index (χ0n) is 14.5. The topological polar surface area (TPSA) is 89.7 Å². The van der Waals surface area contributed by atoms with Gasteiger partial charge in [-0.25, -0.2) is 0 Å². The summed E-state index contributed by atoms with van der Waals surface area (Å²) < 4.78 is 4.11. The number of rotatable bonds is 4. The third-order valence-corrected chi connectivity index (χ3v) is 4.62. The molecule has 2 amide bonds. The molecule has 6 heteroatoms. The molecule has 4 unspecified atom stereocenters. The summed E-state index contributed by atoms with van der Waals surface area (Å²) in [6.07, 6.45) is 6.35. The van der Waals surface area contributed by atoms with Gasteiger partial charge in [-0.2, -0.15) is 0 Å².